The summed E-state index contributed by atoms with van der Waals surface area (Å²) >= 11 is 0. The zero-order valence-electron chi connectivity index (χ0n) is 6.12. The van der Waals surface area contributed by atoms with Crippen LogP contribution in [0.25, 0.3) is 0 Å². The summed E-state index contributed by atoms with van der Waals surface area (Å²) < 4.78 is 0. The highest BCUT2D eigenvalue weighted by Gasteiger charge is 2.16. The van der Waals surface area contributed by atoms with Crippen molar-refractivity contribution >= 4 is 0 Å². The van der Waals surface area contributed by atoms with E-state index >= 15 is 0 Å². The number of fused-ring (bicyclic) bond motifs is 1. The van der Waals surface area contributed by atoms with Crippen LogP contribution in [-0.4, -0.2) is 6.10 Å². The van der Waals surface area contributed by atoms with E-state index in [2.05, 4.69) is 6.92 Å². The molecule has 0 amide bonds. The van der Waals surface area contributed by atoms with Crippen molar-refractivity contribution in [2.45, 2.75) is 12.5 Å². The van der Waals surface area contributed by atoms with Crippen LogP contribution in [0.1, 0.15) is 5.56 Å². The number of para-hydroxylation sites is 1. The summed E-state index contributed by atoms with van der Waals surface area (Å²) in [6, 6.07) is 7.82. The van der Waals surface area contributed by atoms with Gasteiger partial charge in [0.05, 0.1) is 0 Å². The van der Waals surface area contributed by atoms with Crippen LogP contribution < -0.4 is 4.89 Å². The van der Waals surface area contributed by atoms with E-state index in [0.29, 0.717) is 0 Å². The van der Waals surface area contributed by atoms with E-state index in [0.717, 1.165) is 12.2 Å². The minimum absolute atomic E-state index is 0.0788. The summed E-state index contributed by atoms with van der Waals surface area (Å²) in [5, 5.41) is 0. The second-order valence-corrected chi connectivity index (χ2v) is 2.61. The molecule has 0 saturated carbocycles. The first-order valence-electron chi connectivity index (χ1n) is 3.60. The highest BCUT2D eigenvalue weighted by atomic mass is 17.2. The maximum absolute atomic E-state index is 4.97. The van der Waals surface area contributed by atoms with E-state index in [1.165, 1.54) is 5.56 Å². The van der Waals surface area contributed by atoms with Crippen LogP contribution in [-0.2, 0) is 11.3 Å². The average molecular weight is 149 g/mol. The molecular formula is C9H9O2. The van der Waals surface area contributed by atoms with Crippen molar-refractivity contribution in [3.05, 3.63) is 36.8 Å². The average Bonchev–Trinajstić information content (AvgIpc) is 2.04. The van der Waals surface area contributed by atoms with E-state index in [4.69, 9.17) is 9.78 Å². The lowest BCUT2D eigenvalue weighted by Crippen LogP contribution is -2.20. The molecule has 0 bridgehead atoms. The van der Waals surface area contributed by atoms with Gasteiger partial charge < -0.3 is 4.89 Å². The Balaban J connectivity index is 2.34. The molecule has 1 atom stereocenters. The van der Waals surface area contributed by atoms with Crippen LogP contribution in [0.5, 0.6) is 5.75 Å². The SMILES string of the molecule is [CH2]C1Cc2ccccc2OO1. The van der Waals surface area contributed by atoms with E-state index in [9.17, 15) is 0 Å². The summed E-state index contributed by atoms with van der Waals surface area (Å²) in [7, 11) is 0. The zero-order chi connectivity index (χ0) is 7.68. The van der Waals surface area contributed by atoms with Crippen molar-refractivity contribution in [1.29, 1.82) is 0 Å². The fraction of sp³-hybridized carbons (Fsp3) is 0.222. The Labute approximate surface area is 65.7 Å². The molecule has 0 saturated heterocycles. The molecule has 1 aromatic rings. The lowest BCUT2D eigenvalue weighted by Gasteiger charge is -2.20. The van der Waals surface area contributed by atoms with Gasteiger partial charge >= 0.3 is 0 Å². The smallest absolute Gasteiger partial charge is 0.168 e. The highest BCUT2D eigenvalue weighted by Crippen LogP contribution is 2.24. The van der Waals surface area contributed by atoms with Crippen LogP contribution in [0.2, 0.25) is 0 Å². The molecule has 2 heteroatoms. The molecule has 0 spiro atoms. The zero-order valence-corrected chi connectivity index (χ0v) is 6.12. The Morgan fingerprint density at radius 2 is 2.18 bits per heavy atom. The predicted molar refractivity (Wildman–Crippen MR) is 41.0 cm³/mol. The second-order valence-electron chi connectivity index (χ2n) is 2.61. The topological polar surface area (TPSA) is 18.5 Å². The third-order valence-electron chi connectivity index (χ3n) is 1.69. The van der Waals surface area contributed by atoms with Crippen molar-refractivity contribution in [1.82, 2.24) is 0 Å². The van der Waals surface area contributed by atoms with Gasteiger partial charge in [-0.05, 0) is 13.0 Å². The van der Waals surface area contributed by atoms with Gasteiger partial charge in [0, 0.05) is 12.0 Å². The lowest BCUT2D eigenvalue weighted by molar-refractivity contribution is -0.241. The third-order valence-corrected chi connectivity index (χ3v) is 1.69. The third kappa shape index (κ3) is 1.21. The molecule has 1 aliphatic heterocycles. The van der Waals surface area contributed by atoms with Gasteiger partial charge in [0.1, 0.15) is 6.10 Å². The Morgan fingerprint density at radius 3 is 3.09 bits per heavy atom. The molecule has 1 aliphatic rings. The van der Waals surface area contributed by atoms with Crippen molar-refractivity contribution in [2.75, 3.05) is 0 Å². The van der Waals surface area contributed by atoms with Gasteiger partial charge in [-0.15, -0.1) is 0 Å². The van der Waals surface area contributed by atoms with Gasteiger partial charge in [-0.1, -0.05) is 18.2 Å². The number of hydrogen-bond donors (Lipinski definition) is 0. The molecule has 1 heterocycles. The maximum Gasteiger partial charge on any atom is 0.168 e. The van der Waals surface area contributed by atoms with E-state index in [1.807, 2.05) is 24.3 Å². The van der Waals surface area contributed by atoms with Crippen molar-refractivity contribution in [3.63, 3.8) is 0 Å². The van der Waals surface area contributed by atoms with Crippen LogP contribution >= 0.6 is 0 Å². The van der Waals surface area contributed by atoms with Gasteiger partial charge in [0.15, 0.2) is 5.75 Å². The van der Waals surface area contributed by atoms with Gasteiger partial charge in [0.2, 0.25) is 0 Å². The molecule has 0 N–H and O–H groups in total. The summed E-state index contributed by atoms with van der Waals surface area (Å²) in [4.78, 5) is 9.87. The summed E-state index contributed by atoms with van der Waals surface area (Å²) in [6.45, 7) is 3.75. The molecule has 2 nitrogen and oxygen atoms in total. The summed E-state index contributed by atoms with van der Waals surface area (Å²) in [5.74, 6) is 0.812. The van der Waals surface area contributed by atoms with Gasteiger partial charge in [-0.2, -0.15) is 4.89 Å². The molecule has 1 aromatic carbocycles. The summed E-state index contributed by atoms with van der Waals surface area (Å²) in [5.41, 5.74) is 1.17. The first-order valence-corrected chi connectivity index (χ1v) is 3.60. The Bertz CT molecular complexity index is 257. The van der Waals surface area contributed by atoms with E-state index in [1.54, 1.807) is 0 Å². The van der Waals surface area contributed by atoms with Gasteiger partial charge in [-0.3, -0.25) is 0 Å². The lowest BCUT2D eigenvalue weighted by atomic mass is 10.1. The van der Waals surface area contributed by atoms with Crippen molar-refractivity contribution in [2.24, 2.45) is 0 Å². The molecule has 0 aliphatic carbocycles. The standard InChI is InChI=1S/C9H9O2/c1-7-6-8-4-2-3-5-9(8)11-10-7/h2-5,7H,1,6H2. The van der Waals surface area contributed by atoms with Gasteiger partial charge in [-0.25, -0.2) is 0 Å². The molecule has 57 valence electrons. The molecule has 1 radical (unpaired) electrons. The minimum atomic E-state index is -0.0788. The first-order chi connectivity index (χ1) is 5.36. The fourth-order valence-corrected chi connectivity index (χ4v) is 1.15. The monoisotopic (exact) mass is 149 g/mol. The minimum Gasteiger partial charge on any atom is -0.337 e. The normalized spacial score (nSPS) is 22.1. The second kappa shape index (κ2) is 2.55. The van der Waals surface area contributed by atoms with E-state index < -0.39 is 0 Å². The summed E-state index contributed by atoms with van der Waals surface area (Å²) in [6.07, 6.45) is 0.751. The quantitative estimate of drug-likeness (QED) is 0.523. The molecule has 11 heavy (non-hydrogen) atoms. The molecular weight excluding hydrogens is 140 g/mol. The number of hydrogen-bond acceptors (Lipinski definition) is 2. The fourth-order valence-electron chi connectivity index (χ4n) is 1.15. The van der Waals surface area contributed by atoms with Gasteiger partial charge in [0.25, 0.3) is 0 Å². The Morgan fingerprint density at radius 1 is 1.36 bits per heavy atom. The number of rotatable bonds is 0. The molecule has 2 rings (SSSR count). The van der Waals surface area contributed by atoms with Crippen molar-refractivity contribution < 1.29 is 9.78 Å². The number of benzene rings is 1. The van der Waals surface area contributed by atoms with Crippen LogP contribution in [0.3, 0.4) is 0 Å². The van der Waals surface area contributed by atoms with Crippen molar-refractivity contribution in [3.8, 4) is 5.75 Å². The molecule has 0 aromatic heterocycles. The molecule has 0 fully saturated rings. The van der Waals surface area contributed by atoms with Crippen LogP contribution in [0.4, 0.5) is 0 Å². The van der Waals surface area contributed by atoms with Crippen LogP contribution in [0.15, 0.2) is 24.3 Å². The van der Waals surface area contributed by atoms with E-state index in [-0.39, 0.29) is 6.10 Å². The highest BCUT2D eigenvalue weighted by molar-refractivity contribution is 5.34. The van der Waals surface area contributed by atoms with Crippen LogP contribution in [0, 0.1) is 6.92 Å². The predicted octanol–water partition coefficient (Wildman–Crippen LogP) is 1.76. The Hall–Kier alpha value is -1.02. The Kier molecular flexibility index (Phi) is 1.55. The first kappa shape index (κ1) is 6.68. The molecule has 1 unspecified atom stereocenters. The maximum atomic E-state index is 4.97. The largest absolute Gasteiger partial charge is 0.337 e.